The molecule has 4 heterocycles. The minimum atomic E-state index is -5.68. The molecule has 6 rings (SSSR count). The van der Waals surface area contributed by atoms with Gasteiger partial charge in [0, 0.05) is 89.0 Å². The minimum absolute atomic E-state index is 0. The fourth-order valence-electron chi connectivity index (χ4n) is 3.60. The Balaban J connectivity index is -0.000000205. The van der Waals surface area contributed by atoms with Crippen LogP contribution in [0.2, 0.25) is 0 Å². The van der Waals surface area contributed by atoms with E-state index in [9.17, 15) is 57.4 Å². The maximum absolute atomic E-state index is 9.32. The van der Waals surface area contributed by atoms with Crippen molar-refractivity contribution in [2.45, 2.75) is 0 Å². The van der Waals surface area contributed by atoms with Gasteiger partial charge in [-0.25, -0.2) is 0 Å². The maximum Gasteiger partial charge on any atom is 2.00 e. The Labute approximate surface area is 347 Å². The predicted octanol–water partition coefficient (Wildman–Crippen LogP) is -3.46. The Morgan fingerprint density at radius 2 is 0.508 bits per heavy atom. The molecule has 0 fully saturated rings. The van der Waals surface area contributed by atoms with Crippen molar-refractivity contribution in [3.05, 3.63) is 97.6 Å². The van der Waals surface area contributed by atoms with Crippen LogP contribution in [0.25, 0.3) is 43.6 Å². The molecule has 0 aliphatic heterocycles. The van der Waals surface area contributed by atoms with Gasteiger partial charge in [-0.1, -0.05) is 48.5 Å². The number of aliphatic hydroxyl groups is 6. The van der Waals surface area contributed by atoms with Crippen LogP contribution in [0.15, 0.2) is 97.6 Å². The summed E-state index contributed by atoms with van der Waals surface area (Å²) in [7, 11) is -16.7. The first kappa shape index (κ1) is 65.0. The number of nitrogens with zero attached hydrogens (tertiary/aromatic N) is 4. The van der Waals surface area contributed by atoms with Gasteiger partial charge in [-0.2, -0.15) is 0 Å². The molecule has 29 heteroatoms. The summed E-state index contributed by atoms with van der Waals surface area (Å²) in [4.78, 5) is 92.0. The quantitative estimate of drug-likeness (QED) is 0.0738. The molecular weight excluding hydrogens is 919 g/mol. The van der Waals surface area contributed by atoms with E-state index in [1.807, 2.05) is 24.3 Å². The molecule has 0 amide bonds. The molecular formula is C30H40CoN4O20P4-6. The topological polar surface area (TPSA) is 444 Å². The van der Waals surface area contributed by atoms with Crippen molar-refractivity contribution in [1.29, 1.82) is 0 Å². The number of hydrogen-bond donors (Lipinski definition) is 6. The molecule has 0 saturated carbocycles. The summed E-state index contributed by atoms with van der Waals surface area (Å²) in [6.07, 6.45) is 7.21. The van der Waals surface area contributed by atoms with Crippen LogP contribution in [-0.4, -0.2) is 93.2 Å². The second-order valence-electron chi connectivity index (χ2n) is 8.38. The standard InChI is InChI=1S/2C12H8N2.6CH4O.Co.2H4O7P2/c2*1-3-9-5-6-10-4-2-8-14-12(10)11(9)13-7-1;6*1-2;;2*1-8(2,3)7-9(4,5)6/h2*1-8H;6*2H,1H3;;2*(H2,1,2,3)(H2,4,5,6)/q;;;;;;;;+2;;/p-8. The van der Waals surface area contributed by atoms with E-state index in [0.29, 0.717) is 0 Å². The summed E-state index contributed by atoms with van der Waals surface area (Å²) in [6.45, 7) is 0. The summed E-state index contributed by atoms with van der Waals surface area (Å²) < 4.78 is 42.3. The van der Waals surface area contributed by atoms with Crippen molar-refractivity contribution in [3.63, 3.8) is 0 Å². The van der Waals surface area contributed by atoms with E-state index in [2.05, 4.69) is 77.1 Å². The van der Waals surface area contributed by atoms with Gasteiger partial charge in [0.1, 0.15) is 0 Å². The molecule has 0 aliphatic rings. The summed E-state index contributed by atoms with van der Waals surface area (Å²) in [5.41, 5.74) is 3.91. The van der Waals surface area contributed by atoms with Gasteiger partial charge in [-0.15, -0.1) is 0 Å². The fourth-order valence-corrected chi connectivity index (χ4v) is 5.56. The average Bonchev–Trinajstić information content (AvgIpc) is 3.20. The van der Waals surface area contributed by atoms with E-state index in [4.69, 9.17) is 30.6 Å². The Morgan fingerprint density at radius 1 is 0.356 bits per heavy atom. The van der Waals surface area contributed by atoms with Gasteiger partial charge < -0.3 is 96.7 Å². The average molecular weight is 959 g/mol. The van der Waals surface area contributed by atoms with E-state index < -0.39 is 31.3 Å². The zero-order valence-electron chi connectivity index (χ0n) is 31.5. The molecule has 4 aromatic heterocycles. The molecule has 24 nitrogen and oxygen atoms in total. The molecule has 0 bridgehead atoms. The number of rotatable bonds is 4. The van der Waals surface area contributed by atoms with E-state index in [1.165, 1.54) is 0 Å². The van der Waals surface area contributed by atoms with Crippen LogP contribution in [0.3, 0.4) is 0 Å². The van der Waals surface area contributed by atoms with Crippen LogP contribution in [0, 0.1) is 0 Å². The van der Waals surface area contributed by atoms with Gasteiger partial charge in [0.15, 0.2) is 0 Å². The third-order valence-electron chi connectivity index (χ3n) is 5.09. The van der Waals surface area contributed by atoms with Crippen LogP contribution in [-0.2, 0) is 43.7 Å². The zero-order valence-corrected chi connectivity index (χ0v) is 36.2. The monoisotopic (exact) mass is 959 g/mol. The van der Waals surface area contributed by atoms with E-state index in [-0.39, 0.29) is 16.8 Å². The van der Waals surface area contributed by atoms with Crippen LogP contribution in [0.5, 0.6) is 0 Å². The van der Waals surface area contributed by atoms with E-state index >= 15 is 0 Å². The summed E-state index contributed by atoms with van der Waals surface area (Å²) in [5.74, 6) is 0. The number of benzene rings is 2. The Kier molecular flexibility index (Phi) is 39.2. The molecule has 0 spiro atoms. The predicted molar refractivity (Wildman–Crippen MR) is 196 cm³/mol. The number of aromatic nitrogens is 4. The normalized spacial score (nSPS) is 9.97. The zero-order chi connectivity index (χ0) is 46.2. The number of phosphoric acid groups is 4. The molecule has 6 aromatic rings. The van der Waals surface area contributed by atoms with Gasteiger partial charge in [0.2, 0.25) is 0 Å². The third-order valence-corrected chi connectivity index (χ3v) is 8.29. The molecule has 0 atom stereocenters. The largest absolute Gasteiger partial charge is 2.00 e. The molecule has 335 valence electrons. The molecule has 0 unspecified atom stereocenters. The molecule has 59 heavy (non-hydrogen) atoms. The Hall–Kier alpha value is -3.13. The van der Waals surface area contributed by atoms with Crippen LogP contribution in [0.4, 0.5) is 0 Å². The third kappa shape index (κ3) is 30.5. The summed E-state index contributed by atoms with van der Waals surface area (Å²) in [5, 5.41) is 46.6. The van der Waals surface area contributed by atoms with E-state index in [1.54, 1.807) is 24.8 Å². The Morgan fingerprint density at radius 3 is 0.627 bits per heavy atom. The first-order valence-electron chi connectivity index (χ1n) is 14.7. The van der Waals surface area contributed by atoms with Crippen molar-refractivity contribution in [2.24, 2.45) is 0 Å². The van der Waals surface area contributed by atoms with Crippen molar-refractivity contribution in [1.82, 2.24) is 19.9 Å². The van der Waals surface area contributed by atoms with Gasteiger partial charge in [-0.05, 0) is 24.3 Å². The van der Waals surface area contributed by atoms with Crippen LogP contribution < -0.4 is 39.1 Å². The van der Waals surface area contributed by atoms with Gasteiger partial charge in [0.05, 0.1) is 53.4 Å². The maximum atomic E-state index is 9.32. The SMILES string of the molecule is CO.CO.CO.CO.CO.CO.O=P([O-])([O-])OP(=O)([O-])[O-].O=P([O-])([O-])OP(=O)([O-])[O-].[Co+2].c1cnc2c(c1)ccc1cccnc12.c1cnc2c(c1)ccc1cccnc12. The van der Waals surface area contributed by atoms with E-state index in [0.717, 1.165) is 86.3 Å². The summed E-state index contributed by atoms with van der Waals surface area (Å²) in [6, 6.07) is 24.3. The first-order valence-corrected chi connectivity index (χ1v) is 20.5. The second kappa shape index (κ2) is 35.6. The number of fused-ring (bicyclic) bond motifs is 6. The second-order valence-corrected chi connectivity index (χ2v) is 13.3. The number of aliphatic hydroxyl groups excluding tert-OH is 6. The molecule has 6 N–H and O–H groups in total. The molecule has 0 aliphatic carbocycles. The summed E-state index contributed by atoms with van der Waals surface area (Å²) >= 11 is 0. The van der Waals surface area contributed by atoms with Gasteiger partial charge >= 0.3 is 16.8 Å². The fraction of sp³-hybridized carbons (Fsp3) is 0.200. The van der Waals surface area contributed by atoms with Crippen molar-refractivity contribution < 1.29 is 113 Å². The van der Waals surface area contributed by atoms with Crippen LogP contribution in [0.1, 0.15) is 0 Å². The van der Waals surface area contributed by atoms with Gasteiger partial charge in [-0.3, -0.25) is 19.9 Å². The van der Waals surface area contributed by atoms with Crippen LogP contribution >= 0.6 is 31.3 Å². The molecule has 0 saturated heterocycles. The van der Waals surface area contributed by atoms with Crippen molar-refractivity contribution in [2.75, 3.05) is 42.7 Å². The molecule has 2 aromatic carbocycles. The molecule has 1 radical (unpaired) electrons. The van der Waals surface area contributed by atoms with Crippen molar-refractivity contribution in [3.8, 4) is 0 Å². The minimum Gasteiger partial charge on any atom is -0.790 e. The van der Waals surface area contributed by atoms with Crippen molar-refractivity contribution >= 4 is 74.9 Å². The first-order chi connectivity index (χ1) is 27.3. The smallest absolute Gasteiger partial charge is 0.790 e. The Bertz CT molecular complexity index is 1870. The number of hydrogen-bond acceptors (Lipinski definition) is 24. The van der Waals surface area contributed by atoms with Gasteiger partial charge in [0.25, 0.3) is 0 Å². The number of pyridine rings is 4.